The van der Waals surface area contributed by atoms with Gasteiger partial charge in [-0.3, -0.25) is 14.2 Å². The van der Waals surface area contributed by atoms with E-state index in [0.717, 1.165) is 5.56 Å². The van der Waals surface area contributed by atoms with Gasteiger partial charge in [-0.05, 0) is 36.8 Å². The van der Waals surface area contributed by atoms with Crippen molar-refractivity contribution in [2.75, 3.05) is 5.75 Å². The van der Waals surface area contributed by atoms with E-state index >= 15 is 0 Å². The summed E-state index contributed by atoms with van der Waals surface area (Å²) in [6.45, 7) is 1.87. The number of rotatable bonds is 5. The number of hydrogen-bond donors (Lipinski definition) is 1. The van der Waals surface area contributed by atoms with Gasteiger partial charge in [-0.15, -0.1) is 0 Å². The summed E-state index contributed by atoms with van der Waals surface area (Å²) in [5.74, 6) is -0.0226. The Morgan fingerprint density at radius 1 is 1.22 bits per heavy atom. The van der Waals surface area contributed by atoms with Crippen LogP contribution in [0.15, 0.2) is 52.4 Å². The van der Waals surface area contributed by atoms with E-state index in [1.54, 1.807) is 37.4 Å². The lowest BCUT2D eigenvalue weighted by molar-refractivity contribution is -0.119. The number of benzene rings is 2. The number of fused-ring (bicyclic) bond motifs is 1. The van der Waals surface area contributed by atoms with Gasteiger partial charge in [0.2, 0.25) is 5.91 Å². The van der Waals surface area contributed by atoms with E-state index in [1.165, 1.54) is 16.3 Å². The third-order valence-electron chi connectivity index (χ3n) is 4.10. The number of hydrogen-bond acceptors (Lipinski definition) is 4. The summed E-state index contributed by atoms with van der Waals surface area (Å²) in [5.41, 5.74) is 1.35. The molecular weight excluding hydrogens is 405 g/mol. The minimum Gasteiger partial charge on any atom is -0.349 e. The summed E-state index contributed by atoms with van der Waals surface area (Å²) in [6.07, 6.45) is 0. The van der Waals surface area contributed by atoms with Gasteiger partial charge in [-0.25, -0.2) is 4.98 Å². The van der Waals surface area contributed by atoms with Crippen molar-refractivity contribution in [3.63, 3.8) is 0 Å². The van der Waals surface area contributed by atoms with E-state index in [0.29, 0.717) is 26.1 Å². The molecule has 5 nitrogen and oxygen atoms in total. The third kappa shape index (κ3) is 4.46. The summed E-state index contributed by atoms with van der Waals surface area (Å²) in [4.78, 5) is 29.2. The van der Waals surface area contributed by atoms with Crippen molar-refractivity contribution in [1.82, 2.24) is 14.9 Å². The summed E-state index contributed by atoms with van der Waals surface area (Å²) >= 11 is 13.2. The second kappa shape index (κ2) is 8.33. The topological polar surface area (TPSA) is 64.0 Å². The van der Waals surface area contributed by atoms with Gasteiger partial charge in [0.05, 0.1) is 32.7 Å². The number of carbonyl (C=O) groups excluding carboxylic acids is 1. The predicted molar refractivity (Wildman–Crippen MR) is 111 cm³/mol. The standard InChI is InChI=1S/C19H17Cl2N3O2S/c1-11(12-7-8-14(20)15(21)9-12)22-17(25)10-27-19-23-16-6-4-3-5-13(16)18(26)24(19)2/h3-9,11H,10H2,1-2H3,(H,22,25). The highest BCUT2D eigenvalue weighted by Crippen LogP contribution is 2.25. The van der Waals surface area contributed by atoms with Crippen LogP contribution in [-0.2, 0) is 11.8 Å². The maximum absolute atomic E-state index is 12.4. The largest absolute Gasteiger partial charge is 0.349 e. The lowest BCUT2D eigenvalue weighted by atomic mass is 10.1. The minimum absolute atomic E-state index is 0.132. The van der Waals surface area contributed by atoms with Crippen molar-refractivity contribution in [3.8, 4) is 0 Å². The average Bonchev–Trinajstić information content (AvgIpc) is 2.65. The fraction of sp³-hybridized carbons (Fsp3) is 0.211. The van der Waals surface area contributed by atoms with Crippen LogP contribution in [0.5, 0.6) is 0 Å². The minimum atomic E-state index is -0.221. The highest BCUT2D eigenvalue weighted by Gasteiger charge is 2.14. The van der Waals surface area contributed by atoms with Gasteiger partial charge in [0.15, 0.2) is 5.16 Å². The highest BCUT2D eigenvalue weighted by atomic mass is 35.5. The fourth-order valence-electron chi connectivity index (χ4n) is 2.60. The lowest BCUT2D eigenvalue weighted by Gasteiger charge is -2.15. The molecule has 1 atom stereocenters. The molecule has 0 aliphatic carbocycles. The molecule has 1 aromatic heterocycles. The number of amides is 1. The first-order valence-electron chi connectivity index (χ1n) is 8.19. The second-order valence-electron chi connectivity index (χ2n) is 6.03. The molecule has 140 valence electrons. The van der Waals surface area contributed by atoms with E-state index in [4.69, 9.17) is 23.2 Å². The average molecular weight is 422 g/mol. The van der Waals surface area contributed by atoms with Gasteiger partial charge in [0.25, 0.3) is 5.56 Å². The number of nitrogens with zero attached hydrogens (tertiary/aromatic N) is 2. The molecule has 0 aliphatic heterocycles. The molecule has 3 rings (SSSR count). The highest BCUT2D eigenvalue weighted by molar-refractivity contribution is 7.99. The molecule has 3 aromatic rings. The summed E-state index contributed by atoms with van der Waals surface area (Å²) in [7, 11) is 1.65. The zero-order valence-electron chi connectivity index (χ0n) is 14.7. The van der Waals surface area contributed by atoms with Crippen molar-refractivity contribution in [2.45, 2.75) is 18.1 Å². The molecule has 1 N–H and O–H groups in total. The number of para-hydroxylation sites is 1. The van der Waals surface area contributed by atoms with E-state index in [1.807, 2.05) is 19.1 Å². The van der Waals surface area contributed by atoms with Gasteiger partial charge in [0.1, 0.15) is 0 Å². The van der Waals surface area contributed by atoms with E-state index in [2.05, 4.69) is 10.3 Å². The van der Waals surface area contributed by atoms with E-state index in [9.17, 15) is 9.59 Å². The Balaban J connectivity index is 1.68. The Bertz CT molecular complexity index is 1070. The van der Waals surface area contributed by atoms with Crippen molar-refractivity contribution in [3.05, 3.63) is 68.4 Å². The molecule has 0 aliphatic rings. The van der Waals surface area contributed by atoms with E-state index in [-0.39, 0.29) is 23.3 Å². The molecule has 8 heteroatoms. The van der Waals surface area contributed by atoms with Crippen molar-refractivity contribution < 1.29 is 4.79 Å². The molecule has 1 heterocycles. The Labute approximate surface area is 170 Å². The molecule has 1 unspecified atom stereocenters. The molecule has 2 aromatic carbocycles. The molecule has 1 amide bonds. The number of aromatic nitrogens is 2. The summed E-state index contributed by atoms with van der Waals surface area (Å²) < 4.78 is 1.46. The first kappa shape index (κ1) is 19.7. The lowest BCUT2D eigenvalue weighted by Crippen LogP contribution is -2.28. The van der Waals surface area contributed by atoms with Crippen LogP contribution >= 0.6 is 35.0 Å². The second-order valence-corrected chi connectivity index (χ2v) is 7.78. The first-order chi connectivity index (χ1) is 12.9. The van der Waals surface area contributed by atoms with Crippen LogP contribution in [0, 0.1) is 0 Å². The predicted octanol–water partition coefficient (Wildman–Crippen LogP) is 4.21. The van der Waals surface area contributed by atoms with Gasteiger partial charge in [0, 0.05) is 7.05 Å². The van der Waals surface area contributed by atoms with Crippen LogP contribution in [0.4, 0.5) is 0 Å². The molecule has 27 heavy (non-hydrogen) atoms. The fourth-order valence-corrected chi connectivity index (χ4v) is 3.69. The SMILES string of the molecule is CC(NC(=O)CSc1nc2ccccc2c(=O)n1C)c1ccc(Cl)c(Cl)c1. The molecule has 0 bridgehead atoms. The molecule has 0 radical (unpaired) electrons. The van der Waals surface area contributed by atoms with Crippen LogP contribution in [0.2, 0.25) is 10.0 Å². The van der Waals surface area contributed by atoms with Crippen LogP contribution < -0.4 is 10.9 Å². The Morgan fingerprint density at radius 3 is 2.70 bits per heavy atom. The zero-order chi connectivity index (χ0) is 19.6. The maximum atomic E-state index is 12.4. The number of nitrogens with one attached hydrogen (secondary N) is 1. The van der Waals surface area contributed by atoms with Gasteiger partial charge >= 0.3 is 0 Å². The van der Waals surface area contributed by atoms with Gasteiger partial charge < -0.3 is 5.32 Å². The Morgan fingerprint density at radius 2 is 1.96 bits per heavy atom. The molecule has 0 fully saturated rings. The Kier molecular flexibility index (Phi) is 6.09. The first-order valence-corrected chi connectivity index (χ1v) is 9.94. The van der Waals surface area contributed by atoms with Crippen molar-refractivity contribution >= 4 is 51.8 Å². The Hall–Kier alpha value is -2.02. The molecule has 0 spiro atoms. The molecule has 0 saturated heterocycles. The summed E-state index contributed by atoms with van der Waals surface area (Å²) in [6, 6.07) is 12.2. The van der Waals surface area contributed by atoms with Gasteiger partial charge in [-0.1, -0.05) is 53.2 Å². The number of thioether (sulfide) groups is 1. The molecule has 0 saturated carbocycles. The summed E-state index contributed by atoms with van der Waals surface area (Å²) in [5, 5.41) is 4.88. The molecular formula is C19H17Cl2N3O2S. The quantitative estimate of drug-likeness (QED) is 0.494. The third-order valence-corrected chi connectivity index (χ3v) is 5.86. The number of carbonyl (C=O) groups is 1. The maximum Gasteiger partial charge on any atom is 0.261 e. The van der Waals surface area contributed by atoms with E-state index < -0.39 is 0 Å². The monoisotopic (exact) mass is 421 g/mol. The van der Waals surface area contributed by atoms with Crippen LogP contribution in [0.3, 0.4) is 0 Å². The normalized spacial score (nSPS) is 12.1. The smallest absolute Gasteiger partial charge is 0.261 e. The zero-order valence-corrected chi connectivity index (χ0v) is 17.0. The van der Waals surface area contributed by atoms with Crippen LogP contribution in [0.25, 0.3) is 10.9 Å². The number of halogens is 2. The van der Waals surface area contributed by atoms with Crippen LogP contribution in [-0.4, -0.2) is 21.2 Å². The van der Waals surface area contributed by atoms with Crippen LogP contribution in [0.1, 0.15) is 18.5 Å². The van der Waals surface area contributed by atoms with Gasteiger partial charge in [-0.2, -0.15) is 0 Å². The van der Waals surface area contributed by atoms with Crippen molar-refractivity contribution in [2.24, 2.45) is 7.05 Å². The van der Waals surface area contributed by atoms with Crippen molar-refractivity contribution in [1.29, 1.82) is 0 Å².